The molecule has 1 N–H and O–H groups in total. The normalized spacial score (nSPS) is 9.53. The molecule has 6 nitrogen and oxygen atoms in total. The summed E-state index contributed by atoms with van der Waals surface area (Å²) < 4.78 is 5.00. The molecule has 0 saturated carbocycles. The maximum atomic E-state index is 11.4. The summed E-state index contributed by atoms with van der Waals surface area (Å²) in [5.41, 5.74) is -0.583. The standard InChI is InChI=1S/C12H10N2O4.Na/c1-18-8-4-2-7(3-5-8)10-13-6-9(12(16)17)11(15)14-10;/h2-6H,1H3,(H,16,17)(H,13,14,15);/q;+1/p-1. The number of carbonyl (C=O) groups excluding carboxylic acids is 1. The third kappa shape index (κ3) is 3.44. The minimum absolute atomic E-state index is 0. The summed E-state index contributed by atoms with van der Waals surface area (Å²) in [7, 11) is 1.55. The maximum absolute atomic E-state index is 11.4. The van der Waals surface area contributed by atoms with Gasteiger partial charge in [0.15, 0.2) is 0 Å². The quantitative estimate of drug-likeness (QED) is 0.592. The number of carboxylic acids is 1. The van der Waals surface area contributed by atoms with E-state index in [-0.39, 0.29) is 35.4 Å². The Morgan fingerprint density at radius 1 is 1.32 bits per heavy atom. The van der Waals surface area contributed by atoms with Crippen LogP contribution < -0.4 is 45.0 Å². The Bertz CT molecular complexity index is 637. The summed E-state index contributed by atoms with van der Waals surface area (Å²) in [5.74, 6) is -0.592. The van der Waals surface area contributed by atoms with E-state index >= 15 is 0 Å². The fourth-order valence-corrected chi connectivity index (χ4v) is 1.44. The fourth-order valence-electron chi connectivity index (χ4n) is 1.44. The van der Waals surface area contributed by atoms with Crippen LogP contribution in [0.5, 0.6) is 5.75 Å². The molecule has 0 saturated heterocycles. The summed E-state index contributed by atoms with van der Waals surface area (Å²) in [4.78, 5) is 28.3. The summed E-state index contributed by atoms with van der Waals surface area (Å²) in [5, 5.41) is 10.6. The van der Waals surface area contributed by atoms with E-state index < -0.39 is 17.1 Å². The predicted molar refractivity (Wildman–Crippen MR) is 61.2 cm³/mol. The summed E-state index contributed by atoms with van der Waals surface area (Å²) in [6, 6.07) is 6.83. The number of aromatic amines is 1. The van der Waals surface area contributed by atoms with Crippen molar-refractivity contribution >= 4 is 5.97 Å². The number of benzene rings is 1. The Kier molecular flexibility index (Phi) is 5.29. The molecule has 0 unspecified atom stereocenters. The molecule has 19 heavy (non-hydrogen) atoms. The third-order valence-electron chi connectivity index (χ3n) is 2.38. The fraction of sp³-hybridized carbons (Fsp3) is 0.0833. The first-order valence-electron chi connectivity index (χ1n) is 5.07. The average molecular weight is 268 g/mol. The summed E-state index contributed by atoms with van der Waals surface area (Å²) >= 11 is 0. The van der Waals surface area contributed by atoms with E-state index in [1.165, 1.54) is 0 Å². The molecular formula is C12H9N2NaO4. The molecule has 7 heteroatoms. The van der Waals surface area contributed by atoms with Crippen molar-refractivity contribution in [2.75, 3.05) is 7.11 Å². The van der Waals surface area contributed by atoms with Crippen molar-refractivity contribution in [3.63, 3.8) is 0 Å². The number of aromatic nitrogens is 2. The zero-order valence-corrected chi connectivity index (χ0v) is 12.5. The van der Waals surface area contributed by atoms with Gasteiger partial charge >= 0.3 is 29.6 Å². The van der Waals surface area contributed by atoms with Gasteiger partial charge in [-0.25, -0.2) is 4.98 Å². The molecule has 1 heterocycles. The van der Waals surface area contributed by atoms with Crippen molar-refractivity contribution in [3.05, 3.63) is 46.4 Å². The molecule has 2 rings (SSSR count). The molecule has 2 aromatic rings. The molecule has 0 atom stereocenters. The SMILES string of the molecule is COc1ccc(-c2ncc(C(=O)[O-])c(=O)[nH]2)cc1.[Na+]. The number of H-pyrrole nitrogens is 1. The zero-order valence-electron chi connectivity index (χ0n) is 10.5. The maximum Gasteiger partial charge on any atom is 1.00 e. The number of hydrogen-bond donors (Lipinski definition) is 1. The first-order valence-corrected chi connectivity index (χ1v) is 5.07. The number of aromatic carboxylic acids is 1. The Balaban J connectivity index is 0.00000180. The van der Waals surface area contributed by atoms with Crippen molar-refractivity contribution in [2.24, 2.45) is 0 Å². The zero-order chi connectivity index (χ0) is 13.1. The molecule has 0 fully saturated rings. The van der Waals surface area contributed by atoms with Crippen molar-refractivity contribution in [2.45, 2.75) is 0 Å². The van der Waals surface area contributed by atoms with Crippen LogP contribution in [0.25, 0.3) is 11.4 Å². The number of carbonyl (C=O) groups is 1. The molecule has 0 aliphatic carbocycles. The van der Waals surface area contributed by atoms with Gasteiger partial charge in [-0.15, -0.1) is 0 Å². The van der Waals surface area contributed by atoms with Gasteiger partial charge < -0.3 is 19.6 Å². The van der Waals surface area contributed by atoms with Crippen LogP contribution in [-0.2, 0) is 0 Å². The van der Waals surface area contributed by atoms with Gasteiger partial charge in [0.2, 0.25) is 0 Å². The van der Waals surface area contributed by atoms with Crippen LogP contribution >= 0.6 is 0 Å². The van der Waals surface area contributed by atoms with Crippen LogP contribution in [-0.4, -0.2) is 23.0 Å². The third-order valence-corrected chi connectivity index (χ3v) is 2.38. The molecule has 92 valence electrons. The van der Waals surface area contributed by atoms with Gasteiger partial charge in [-0.2, -0.15) is 0 Å². The molecule has 0 bridgehead atoms. The Hall–Kier alpha value is -1.63. The second-order valence-electron chi connectivity index (χ2n) is 3.49. The molecule has 1 aromatic heterocycles. The minimum Gasteiger partial charge on any atom is -0.545 e. The van der Waals surface area contributed by atoms with E-state index in [9.17, 15) is 14.7 Å². The topological polar surface area (TPSA) is 95.1 Å². The van der Waals surface area contributed by atoms with Crippen LogP contribution in [0.3, 0.4) is 0 Å². The van der Waals surface area contributed by atoms with Gasteiger partial charge in [-0.1, -0.05) is 0 Å². The van der Waals surface area contributed by atoms with E-state index in [4.69, 9.17) is 4.74 Å². The van der Waals surface area contributed by atoms with E-state index in [1.807, 2.05) is 0 Å². The Morgan fingerprint density at radius 3 is 2.42 bits per heavy atom. The Morgan fingerprint density at radius 2 is 1.95 bits per heavy atom. The number of rotatable bonds is 3. The van der Waals surface area contributed by atoms with E-state index in [2.05, 4.69) is 9.97 Å². The molecule has 0 aliphatic heterocycles. The van der Waals surface area contributed by atoms with Crippen LogP contribution in [0.1, 0.15) is 10.4 Å². The second kappa shape index (κ2) is 6.51. The van der Waals surface area contributed by atoms with Crippen molar-refractivity contribution < 1.29 is 44.2 Å². The van der Waals surface area contributed by atoms with Crippen molar-refractivity contribution in [3.8, 4) is 17.1 Å². The first kappa shape index (κ1) is 15.4. The van der Waals surface area contributed by atoms with Crippen LogP contribution in [0.15, 0.2) is 35.3 Å². The molecular weight excluding hydrogens is 259 g/mol. The number of hydrogen-bond acceptors (Lipinski definition) is 5. The number of nitrogens with one attached hydrogen (secondary N) is 1. The number of nitrogens with zero attached hydrogens (tertiary/aromatic N) is 1. The second-order valence-corrected chi connectivity index (χ2v) is 3.49. The molecule has 0 amide bonds. The van der Waals surface area contributed by atoms with Gasteiger partial charge in [0, 0.05) is 11.8 Å². The van der Waals surface area contributed by atoms with Gasteiger partial charge in [0.25, 0.3) is 5.56 Å². The van der Waals surface area contributed by atoms with Crippen LogP contribution in [0.2, 0.25) is 0 Å². The molecule has 1 aromatic carbocycles. The average Bonchev–Trinajstić information content (AvgIpc) is 2.38. The predicted octanol–water partition coefficient (Wildman–Crippen LogP) is -3.19. The number of methoxy groups -OCH3 is 1. The van der Waals surface area contributed by atoms with Gasteiger partial charge in [0.1, 0.15) is 11.6 Å². The van der Waals surface area contributed by atoms with Gasteiger partial charge in [-0.05, 0) is 24.3 Å². The van der Waals surface area contributed by atoms with Gasteiger partial charge in [-0.3, -0.25) is 4.79 Å². The smallest absolute Gasteiger partial charge is 0.545 e. The van der Waals surface area contributed by atoms with Crippen molar-refractivity contribution in [1.82, 2.24) is 9.97 Å². The largest absolute Gasteiger partial charge is 1.00 e. The van der Waals surface area contributed by atoms with Crippen LogP contribution in [0, 0.1) is 0 Å². The van der Waals surface area contributed by atoms with E-state index in [0.29, 0.717) is 11.3 Å². The number of carboxylic acid groups (broad SMARTS) is 1. The number of ether oxygens (including phenoxy) is 1. The van der Waals surface area contributed by atoms with Crippen LogP contribution in [0.4, 0.5) is 0 Å². The molecule has 0 radical (unpaired) electrons. The summed E-state index contributed by atoms with van der Waals surface area (Å²) in [6.07, 6.45) is 0.980. The van der Waals surface area contributed by atoms with E-state index in [1.54, 1.807) is 31.4 Å². The summed E-state index contributed by atoms with van der Waals surface area (Å²) in [6.45, 7) is 0. The molecule has 0 aliphatic rings. The van der Waals surface area contributed by atoms with E-state index in [0.717, 1.165) is 6.20 Å². The van der Waals surface area contributed by atoms with Gasteiger partial charge in [0.05, 0.1) is 18.6 Å². The Labute approximate surface area is 130 Å². The first-order chi connectivity index (χ1) is 8.61. The molecule has 0 spiro atoms. The van der Waals surface area contributed by atoms with Crippen molar-refractivity contribution in [1.29, 1.82) is 0 Å². The minimum atomic E-state index is -1.55. The monoisotopic (exact) mass is 268 g/mol.